The normalized spacial score (nSPS) is 19.2. The summed E-state index contributed by atoms with van der Waals surface area (Å²) in [7, 11) is 0. The summed E-state index contributed by atoms with van der Waals surface area (Å²) < 4.78 is 34.9. The maximum Gasteiger partial charge on any atom is 0.161 e. The zero-order valence-electron chi connectivity index (χ0n) is 16.3. The van der Waals surface area contributed by atoms with E-state index in [4.69, 9.17) is 28.4 Å². The third kappa shape index (κ3) is 6.32. The number of para-hydroxylation sites is 4. The van der Waals surface area contributed by atoms with Crippen LogP contribution in [0.4, 0.5) is 0 Å². The summed E-state index contributed by atoms with van der Waals surface area (Å²) in [5, 5.41) is 0. The van der Waals surface area contributed by atoms with Gasteiger partial charge in [0.05, 0.1) is 25.9 Å². The molecule has 0 saturated carbocycles. The highest BCUT2D eigenvalue weighted by Crippen LogP contribution is 2.27. The van der Waals surface area contributed by atoms with Gasteiger partial charge in [-0.3, -0.25) is 0 Å². The molecular formula is C22H28O6. The first-order chi connectivity index (χ1) is 13.9. The van der Waals surface area contributed by atoms with Gasteiger partial charge < -0.3 is 28.4 Å². The molecule has 0 spiro atoms. The maximum absolute atomic E-state index is 5.94. The Morgan fingerprint density at radius 3 is 1.61 bits per heavy atom. The van der Waals surface area contributed by atoms with Crippen LogP contribution in [-0.4, -0.2) is 52.4 Å². The van der Waals surface area contributed by atoms with Gasteiger partial charge in [-0.1, -0.05) is 31.2 Å². The Bertz CT molecular complexity index is 705. The van der Waals surface area contributed by atoms with E-state index in [0.717, 1.165) is 6.42 Å². The van der Waals surface area contributed by atoms with Gasteiger partial charge in [-0.15, -0.1) is 0 Å². The molecule has 0 bridgehead atoms. The zero-order valence-corrected chi connectivity index (χ0v) is 16.3. The fraction of sp³-hybridized carbons (Fsp3) is 0.455. The zero-order chi connectivity index (χ0) is 19.4. The first-order valence-corrected chi connectivity index (χ1v) is 9.75. The minimum absolute atomic E-state index is 0.0228. The number of rotatable bonds is 1. The smallest absolute Gasteiger partial charge is 0.161 e. The second kappa shape index (κ2) is 11.4. The van der Waals surface area contributed by atoms with Gasteiger partial charge in [0.25, 0.3) is 0 Å². The van der Waals surface area contributed by atoms with Crippen molar-refractivity contribution < 1.29 is 28.4 Å². The molecule has 1 aliphatic heterocycles. The summed E-state index contributed by atoms with van der Waals surface area (Å²) in [6.07, 6.45) is 0.821. The Balaban J connectivity index is 1.63. The predicted molar refractivity (Wildman–Crippen MR) is 106 cm³/mol. The highest BCUT2D eigenvalue weighted by atomic mass is 16.6. The van der Waals surface area contributed by atoms with Crippen LogP contribution in [0, 0.1) is 0 Å². The van der Waals surface area contributed by atoms with E-state index in [1.165, 1.54) is 0 Å². The number of hydrogen-bond donors (Lipinski definition) is 0. The lowest BCUT2D eigenvalue weighted by Crippen LogP contribution is -2.24. The van der Waals surface area contributed by atoms with Gasteiger partial charge in [0.15, 0.2) is 23.0 Å². The van der Waals surface area contributed by atoms with Crippen LogP contribution in [0.5, 0.6) is 23.0 Å². The van der Waals surface area contributed by atoms with Crippen molar-refractivity contribution in [3.8, 4) is 23.0 Å². The van der Waals surface area contributed by atoms with Crippen molar-refractivity contribution in [2.24, 2.45) is 0 Å². The molecule has 0 fully saturated rings. The lowest BCUT2D eigenvalue weighted by Gasteiger charge is -2.19. The van der Waals surface area contributed by atoms with Crippen LogP contribution in [0.25, 0.3) is 0 Å². The van der Waals surface area contributed by atoms with Crippen LogP contribution >= 0.6 is 0 Å². The number of benzene rings is 2. The number of hydrogen-bond acceptors (Lipinski definition) is 6. The SMILES string of the molecule is CC[C@H]1COc2ccccc2OCCOCCOc2ccccc2OCCO1. The molecule has 6 nitrogen and oxygen atoms in total. The van der Waals surface area contributed by atoms with Gasteiger partial charge in [0.2, 0.25) is 0 Å². The molecule has 28 heavy (non-hydrogen) atoms. The fourth-order valence-electron chi connectivity index (χ4n) is 2.73. The second-order valence-electron chi connectivity index (χ2n) is 6.26. The highest BCUT2D eigenvalue weighted by molar-refractivity contribution is 5.40. The Morgan fingerprint density at radius 2 is 1.11 bits per heavy atom. The summed E-state index contributed by atoms with van der Waals surface area (Å²) in [6.45, 7) is 5.25. The van der Waals surface area contributed by atoms with Gasteiger partial charge in [-0.05, 0) is 30.7 Å². The maximum atomic E-state index is 5.94. The Labute approximate surface area is 166 Å². The molecule has 152 valence electrons. The Kier molecular flexibility index (Phi) is 8.27. The minimum atomic E-state index is -0.0228. The lowest BCUT2D eigenvalue weighted by molar-refractivity contribution is 0.00301. The van der Waals surface area contributed by atoms with Crippen LogP contribution in [-0.2, 0) is 9.47 Å². The van der Waals surface area contributed by atoms with Gasteiger partial charge in [0.1, 0.15) is 26.4 Å². The molecule has 0 aromatic heterocycles. The van der Waals surface area contributed by atoms with Crippen LogP contribution in [0.2, 0.25) is 0 Å². The van der Waals surface area contributed by atoms with E-state index >= 15 is 0 Å². The molecule has 0 aliphatic carbocycles. The molecule has 1 heterocycles. The molecule has 1 atom stereocenters. The quantitative estimate of drug-likeness (QED) is 0.742. The van der Waals surface area contributed by atoms with E-state index < -0.39 is 0 Å². The molecule has 2 aromatic carbocycles. The van der Waals surface area contributed by atoms with Gasteiger partial charge in [0, 0.05) is 0 Å². The molecule has 1 aliphatic rings. The third-order valence-corrected chi connectivity index (χ3v) is 4.24. The van der Waals surface area contributed by atoms with Crippen molar-refractivity contribution in [3.05, 3.63) is 48.5 Å². The second-order valence-corrected chi connectivity index (χ2v) is 6.26. The standard InChI is InChI=1S/C22H28O6/c1-2-18-17-28-22-10-6-5-9-21(22)26-14-12-23-11-13-25-19-7-3-4-8-20(19)27-16-15-24-18/h3-10,18H,2,11-17H2,1H3/t18-/m0/s1. The van der Waals surface area contributed by atoms with Gasteiger partial charge in [-0.25, -0.2) is 0 Å². The van der Waals surface area contributed by atoms with E-state index in [1.54, 1.807) is 0 Å². The summed E-state index contributed by atoms with van der Waals surface area (Å²) >= 11 is 0. The van der Waals surface area contributed by atoms with Crippen molar-refractivity contribution >= 4 is 0 Å². The largest absolute Gasteiger partial charge is 0.487 e. The van der Waals surface area contributed by atoms with Crippen LogP contribution in [0.15, 0.2) is 48.5 Å². The topological polar surface area (TPSA) is 55.4 Å². The van der Waals surface area contributed by atoms with Crippen LogP contribution < -0.4 is 18.9 Å². The van der Waals surface area contributed by atoms with Crippen molar-refractivity contribution in [2.45, 2.75) is 19.4 Å². The average molecular weight is 388 g/mol. The Morgan fingerprint density at radius 1 is 0.643 bits per heavy atom. The summed E-state index contributed by atoms with van der Waals surface area (Å²) in [4.78, 5) is 0. The van der Waals surface area contributed by atoms with Gasteiger partial charge in [-0.2, -0.15) is 0 Å². The highest BCUT2D eigenvalue weighted by Gasteiger charge is 2.12. The van der Waals surface area contributed by atoms with Crippen LogP contribution in [0.3, 0.4) is 0 Å². The van der Waals surface area contributed by atoms with Crippen molar-refractivity contribution in [3.63, 3.8) is 0 Å². The van der Waals surface area contributed by atoms with Crippen molar-refractivity contribution in [1.82, 2.24) is 0 Å². The van der Waals surface area contributed by atoms with E-state index in [1.807, 2.05) is 48.5 Å². The minimum Gasteiger partial charge on any atom is -0.487 e. The number of ether oxygens (including phenoxy) is 6. The summed E-state index contributed by atoms with van der Waals surface area (Å²) in [5.41, 5.74) is 0. The molecule has 3 rings (SSSR count). The third-order valence-electron chi connectivity index (χ3n) is 4.24. The lowest BCUT2D eigenvalue weighted by atomic mass is 10.3. The van der Waals surface area contributed by atoms with E-state index in [2.05, 4.69) is 6.92 Å². The van der Waals surface area contributed by atoms with E-state index in [9.17, 15) is 0 Å². The molecule has 0 unspecified atom stereocenters. The van der Waals surface area contributed by atoms with Crippen LogP contribution in [0.1, 0.15) is 13.3 Å². The van der Waals surface area contributed by atoms with Gasteiger partial charge >= 0.3 is 0 Å². The van der Waals surface area contributed by atoms with Crippen molar-refractivity contribution in [1.29, 1.82) is 0 Å². The molecule has 2 aromatic rings. The molecular weight excluding hydrogens is 360 g/mol. The molecule has 0 N–H and O–H groups in total. The molecule has 0 saturated heterocycles. The first kappa shape index (κ1) is 20.3. The van der Waals surface area contributed by atoms with E-state index in [0.29, 0.717) is 69.2 Å². The molecule has 0 amide bonds. The van der Waals surface area contributed by atoms with E-state index in [-0.39, 0.29) is 6.10 Å². The monoisotopic (exact) mass is 388 g/mol. The average Bonchev–Trinajstić information content (AvgIpc) is 2.73. The summed E-state index contributed by atoms with van der Waals surface area (Å²) in [5.74, 6) is 2.82. The predicted octanol–water partition coefficient (Wildman–Crippen LogP) is 3.73. The Hall–Kier alpha value is -2.44. The molecule has 6 heteroatoms. The molecule has 0 radical (unpaired) electrons. The number of fused-ring (bicyclic) bond motifs is 2. The van der Waals surface area contributed by atoms with Crippen molar-refractivity contribution in [2.75, 3.05) is 46.2 Å². The first-order valence-electron chi connectivity index (χ1n) is 9.75. The summed E-state index contributed by atoms with van der Waals surface area (Å²) in [6, 6.07) is 15.3. The fourth-order valence-corrected chi connectivity index (χ4v) is 2.73.